The lowest BCUT2D eigenvalue weighted by atomic mass is 10.2. The van der Waals surface area contributed by atoms with Gasteiger partial charge in [-0.2, -0.15) is 0 Å². The molecular formula is C14H20N2O4. The van der Waals surface area contributed by atoms with E-state index in [1.807, 2.05) is 17.0 Å². The summed E-state index contributed by atoms with van der Waals surface area (Å²) in [7, 11) is 2.73. The van der Waals surface area contributed by atoms with Crippen LogP contribution in [0.3, 0.4) is 0 Å². The van der Waals surface area contributed by atoms with Crippen LogP contribution in [0.5, 0.6) is 0 Å². The number of aromatic nitrogens is 1. The molecule has 0 spiro atoms. The first-order chi connectivity index (χ1) is 9.65. The molecular weight excluding hydrogens is 260 g/mol. The van der Waals surface area contributed by atoms with Crippen LogP contribution in [0.15, 0.2) is 24.5 Å². The van der Waals surface area contributed by atoms with E-state index in [1.54, 1.807) is 12.4 Å². The predicted molar refractivity (Wildman–Crippen MR) is 72.8 cm³/mol. The summed E-state index contributed by atoms with van der Waals surface area (Å²) in [5.74, 6) is -0.529. The predicted octanol–water partition coefficient (Wildman–Crippen LogP) is 1.01. The Labute approximate surface area is 118 Å². The van der Waals surface area contributed by atoms with Crippen molar-refractivity contribution in [1.82, 2.24) is 9.88 Å². The molecule has 1 heterocycles. The SMILES string of the molecule is COC(=O)CCN(CCC(=O)OC)Cc1cccnc1. The van der Waals surface area contributed by atoms with Crippen LogP contribution in [0.4, 0.5) is 0 Å². The Morgan fingerprint density at radius 3 is 2.20 bits per heavy atom. The molecule has 110 valence electrons. The summed E-state index contributed by atoms with van der Waals surface area (Å²) in [6.07, 6.45) is 4.05. The molecule has 20 heavy (non-hydrogen) atoms. The molecule has 0 bridgehead atoms. The fraction of sp³-hybridized carbons (Fsp3) is 0.500. The first-order valence-corrected chi connectivity index (χ1v) is 6.40. The lowest BCUT2D eigenvalue weighted by Gasteiger charge is -2.21. The molecule has 1 aromatic heterocycles. The highest BCUT2D eigenvalue weighted by Crippen LogP contribution is 2.05. The average Bonchev–Trinajstić information content (AvgIpc) is 2.50. The Kier molecular flexibility index (Phi) is 7.27. The third kappa shape index (κ3) is 6.29. The number of carbonyl (C=O) groups is 2. The lowest BCUT2D eigenvalue weighted by molar-refractivity contribution is -0.141. The van der Waals surface area contributed by atoms with Crippen molar-refractivity contribution in [3.63, 3.8) is 0 Å². The van der Waals surface area contributed by atoms with E-state index < -0.39 is 0 Å². The van der Waals surface area contributed by atoms with E-state index in [0.717, 1.165) is 5.56 Å². The summed E-state index contributed by atoms with van der Waals surface area (Å²) < 4.78 is 9.26. The number of rotatable bonds is 8. The summed E-state index contributed by atoms with van der Waals surface area (Å²) in [5.41, 5.74) is 1.03. The van der Waals surface area contributed by atoms with Crippen LogP contribution in [-0.4, -0.2) is 49.1 Å². The fourth-order valence-electron chi connectivity index (χ4n) is 1.72. The van der Waals surface area contributed by atoms with Crippen molar-refractivity contribution in [1.29, 1.82) is 0 Å². The number of pyridine rings is 1. The van der Waals surface area contributed by atoms with E-state index in [9.17, 15) is 9.59 Å². The van der Waals surface area contributed by atoms with Gasteiger partial charge in [-0.15, -0.1) is 0 Å². The van der Waals surface area contributed by atoms with Gasteiger partial charge in [0, 0.05) is 32.0 Å². The number of esters is 2. The second-order valence-electron chi connectivity index (χ2n) is 4.29. The van der Waals surface area contributed by atoms with E-state index in [1.165, 1.54) is 14.2 Å². The van der Waals surface area contributed by atoms with Crippen LogP contribution in [0.25, 0.3) is 0 Å². The standard InChI is InChI=1S/C14H20N2O4/c1-19-13(17)5-8-16(9-6-14(18)20-2)11-12-4-3-7-15-10-12/h3-4,7,10H,5-6,8-9,11H2,1-2H3. The maximum Gasteiger partial charge on any atom is 0.306 e. The van der Waals surface area contributed by atoms with Crippen molar-refractivity contribution in [2.75, 3.05) is 27.3 Å². The Morgan fingerprint density at radius 2 is 1.75 bits per heavy atom. The minimum Gasteiger partial charge on any atom is -0.469 e. The van der Waals surface area contributed by atoms with Crippen LogP contribution >= 0.6 is 0 Å². The highest BCUT2D eigenvalue weighted by Gasteiger charge is 2.11. The fourth-order valence-corrected chi connectivity index (χ4v) is 1.72. The Bertz CT molecular complexity index is 402. The van der Waals surface area contributed by atoms with Gasteiger partial charge >= 0.3 is 11.9 Å². The van der Waals surface area contributed by atoms with Gasteiger partial charge in [0.25, 0.3) is 0 Å². The topological polar surface area (TPSA) is 68.7 Å². The van der Waals surface area contributed by atoms with Crippen LogP contribution in [0.1, 0.15) is 18.4 Å². The molecule has 0 radical (unpaired) electrons. The molecule has 6 nitrogen and oxygen atoms in total. The number of nitrogens with zero attached hydrogens (tertiary/aromatic N) is 2. The van der Waals surface area contributed by atoms with Gasteiger partial charge in [-0.05, 0) is 11.6 Å². The van der Waals surface area contributed by atoms with Gasteiger partial charge in [-0.25, -0.2) is 0 Å². The van der Waals surface area contributed by atoms with Crippen molar-refractivity contribution < 1.29 is 19.1 Å². The summed E-state index contributed by atoms with van der Waals surface area (Å²) in [5, 5.41) is 0. The summed E-state index contributed by atoms with van der Waals surface area (Å²) in [6, 6.07) is 3.81. The first kappa shape index (κ1) is 16.1. The molecule has 0 fully saturated rings. The largest absolute Gasteiger partial charge is 0.469 e. The molecule has 0 aliphatic rings. The van der Waals surface area contributed by atoms with Gasteiger partial charge in [0.1, 0.15) is 0 Å². The normalized spacial score (nSPS) is 10.3. The van der Waals surface area contributed by atoms with Gasteiger partial charge in [0.15, 0.2) is 0 Å². The minimum atomic E-state index is -0.265. The van der Waals surface area contributed by atoms with Crippen LogP contribution in [0, 0.1) is 0 Å². The van der Waals surface area contributed by atoms with E-state index in [0.29, 0.717) is 19.6 Å². The Balaban J connectivity index is 2.53. The van der Waals surface area contributed by atoms with Crippen molar-refractivity contribution in [2.24, 2.45) is 0 Å². The molecule has 0 aromatic carbocycles. The third-order valence-electron chi connectivity index (χ3n) is 2.85. The number of hydrogen-bond acceptors (Lipinski definition) is 6. The monoisotopic (exact) mass is 280 g/mol. The van der Waals surface area contributed by atoms with Crippen LogP contribution in [-0.2, 0) is 25.6 Å². The summed E-state index contributed by atoms with van der Waals surface area (Å²) >= 11 is 0. The zero-order chi connectivity index (χ0) is 14.8. The van der Waals surface area contributed by atoms with Gasteiger partial charge < -0.3 is 9.47 Å². The molecule has 6 heteroatoms. The Hall–Kier alpha value is -1.95. The lowest BCUT2D eigenvalue weighted by Crippen LogP contribution is -2.29. The van der Waals surface area contributed by atoms with Crippen LogP contribution in [0.2, 0.25) is 0 Å². The van der Waals surface area contributed by atoms with E-state index in [4.69, 9.17) is 0 Å². The number of methoxy groups -OCH3 is 2. The average molecular weight is 280 g/mol. The quantitative estimate of drug-likeness (QED) is 0.662. The van der Waals surface area contributed by atoms with Crippen molar-refractivity contribution >= 4 is 11.9 Å². The van der Waals surface area contributed by atoms with Gasteiger partial charge in [-0.3, -0.25) is 19.5 Å². The number of hydrogen-bond donors (Lipinski definition) is 0. The molecule has 0 atom stereocenters. The molecule has 1 rings (SSSR count). The van der Waals surface area contributed by atoms with Crippen molar-refractivity contribution in [3.8, 4) is 0 Å². The molecule has 0 aliphatic carbocycles. The summed E-state index contributed by atoms with van der Waals surface area (Å²) in [4.78, 5) is 28.5. The van der Waals surface area contributed by atoms with Crippen molar-refractivity contribution in [2.45, 2.75) is 19.4 Å². The second kappa shape index (κ2) is 9.03. The highest BCUT2D eigenvalue weighted by molar-refractivity contribution is 5.70. The second-order valence-corrected chi connectivity index (χ2v) is 4.29. The maximum atomic E-state index is 11.2. The van der Waals surface area contributed by atoms with E-state index in [-0.39, 0.29) is 24.8 Å². The molecule has 1 aromatic rings. The van der Waals surface area contributed by atoms with Crippen LogP contribution < -0.4 is 0 Å². The van der Waals surface area contributed by atoms with E-state index in [2.05, 4.69) is 14.5 Å². The smallest absolute Gasteiger partial charge is 0.306 e. The van der Waals surface area contributed by atoms with Gasteiger partial charge in [-0.1, -0.05) is 6.07 Å². The Morgan fingerprint density at radius 1 is 1.15 bits per heavy atom. The zero-order valence-electron chi connectivity index (χ0n) is 11.9. The zero-order valence-corrected chi connectivity index (χ0v) is 11.9. The highest BCUT2D eigenvalue weighted by atomic mass is 16.5. The van der Waals surface area contributed by atoms with Gasteiger partial charge in [0.2, 0.25) is 0 Å². The molecule has 0 saturated carbocycles. The minimum absolute atomic E-state index is 0.265. The maximum absolute atomic E-state index is 11.2. The number of carbonyl (C=O) groups excluding carboxylic acids is 2. The summed E-state index contributed by atoms with van der Waals surface area (Å²) in [6.45, 7) is 1.68. The van der Waals surface area contributed by atoms with Crippen molar-refractivity contribution in [3.05, 3.63) is 30.1 Å². The number of ether oxygens (including phenoxy) is 2. The molecule has 0 aliphatic heterocycles. The first-order valence-electron chi connectivity index (χ1n) is 6.40. The molecule has 0 amide bonds. The van der Waals surface area contributed by atoms with Gasteiger partial charge in [0.05, 0.1) is 27.1 Å². The molecule has 0 saturated heterocycles. The molecule has 0 unspecified atom stereocenters. The third-order valence-corrected chi connectivity index (χ3v) is 2.85. The molecule has 0 N–H and O–H groups in total. The van der Waals surface area contributed by atoms with E-state index >= 15 is 0 Å².